The number of allylic oxidation sites excluding steroid dienone is 2. The van der Waals surface area contributed by atoms with Crippen molar-refractivity contribution in [2.45, 2.75) is 52.9 Å². The molecule has 1 aliphatic rings. The maximum atomic E-state index is 10.6. The summed E-state index contributed by atoms with van der Waals surface area (Å²) in [5.74, 6) is 1.94. The molecule has 0 spiro atoms. The molecule has 1 rings (SSSR count). The number of aldehydes is 1. The van der Waals surface area contributed by atoms with Crippen LogP contribution in [-0.2, 0) is 4.79 Å². The lowest BCUT2D eigenvalue weighted by Gasteiger charge is -2.27. The number of rotatable bonds is 5. The predicted molar refractivity (Wildman–Crippen MR) is 64.7 cm³/mol. The molecule has 86 valence electrons. The van der Waals surface area contributed by atoms with Gasteiger partial charge in [0.25, 0.3) is 0 Å². The molecule has 0 aromatic rings. The first kappa shape index (κ1) is 12.5. The summed E-state index contributed by atoms with van der Waals surface area (Å²) in [4.78, 5) is 10.6. The Kier molecular flexibility index (Phi) is 5.07. The monoisotopic (exact) mass is 208 g/mol. The first-order valence-electron chi connectivity index (χ1n) is 6.30. The van der Waals surface area contributed by atoms with E-state index in [1.807, 2.05) is 6.92 Å². The van der Waals surface area contributed by atoms with E-state index in [0.29, 0.717) is 0 Å². The molecule has 0 amide bonds. The molecule has 0 fully saturated rings. The van der Waals surface area contributed by atoms with E-state index >= 15 is 0 Å². The summed E-state index contributed by atoms with van der Waals surface area (Å²) in [7, 11) is 0. The molecule has 1 aliphatic carbocycles. The van der Waals surface area contributed by atoms with Crippen LogP contribution in [0.15, 0.2) is 11.6 Å². The van der Waals surface area contributed by atoms with Gasteiger partial charge in [0.05, 0.1) is 0 Å². The van der Waals surface area contributed by atoms with Crippen molar-refractivity contribution < 1.29 is 4.79 Å². The van der Waals surface area contributed by atoms with Crippen molar-refractivity contribution in [3.8, 4) is 0 Å². The van der Waals surface area contributed by atoms with Crippen molar-refractivity contribution in [2.24, 2.45) is 17.8 Å². The zero-order valence-electron chi connectivity index (χ0n) is 10.3. The van der Waals surface area contributed by atoms with Gasteiger partial charge in [-0.1, -0.05) is 38.8 Å². The van der Waals surface area contributed by atoms with Crippen molar-refractivity contribution >= 4 is 6.29 Å². The van der Waals surface area contributed by atoms with Gasteiger partial charge in [0.1, 0.15) is 6.29 Å². The fourth-order valence-corrected chi connectivity index (χ4v) is 2.41. The van der Waals surface area contributed by atoms with Crippen LogP contribution in [0.25, 0.3) is 0 Å². The van der Waals surface area contributed by atoms with Crippen LogP contribution in [0.2, 0.25) is 0 Å². The van der Waals surface area contributed by atoms with E-state index in [4.69, 9.17) is 0 Å². The second kappa shape index (κ2) is 6.09. The molecule has 0 saturated heterocycles. The highest BCUT2D eigenvalue weighted by Crippen LogP contribution is 2.32. The third kappa shape index (κ3) is 3.81. The second-order valence-electron chi connectivity index (χ2n) is 5.10. The quantitative estimate of drug-likeness (QED) is 0.493. The summed E-state index contributed by atoms with van der Waals surface area (Å²) in [6.45, 7) is 6.64. The van der Waals surface area contributed by atoms with E-state index in [1.54, 1.807) is 0 Å². The van der Waals surface area contributed by atoms with Gasteiger partial charge < -0.3 is 4.79 Å². The Morgan fingerprint density at radius 1 is 1.53 bits per heavy atom. The number of hydrogen-bond donors (Lipinski definition) is 0. The minimum absolute atomic E-state index is 0.205. The average molecular weight is 208 g/mol. The maximum Gasteiger partial charge on any atom is 0.123 e. The minimum atomic E-state index is 0.205. The summed E-state index contributed by atoms with van der Waals surface area (Å²) >= 11 is 0. The lowest BCUT2D eigenvalue weighted by Crippen LogP contribution is -2.14. The largest absolute Gasteiger partial charge is 0.303 e. The molecule has 15 heavy (non-hydrogen) atoms. The molecule has 0 heterocycles. The van der Waals surface area contributed by atoms with Crippen molar-refractivity contribution in [3.63, 3.8) is 0 Å². The van der Waals surface area contributed by atoms with Crippen LogP contribution in [0.5, 0.6) is 0 Å². The molecule has 3 atom stereocenters. The second-order valence-corrected chi connectivity index (χ2v) is 5.10. The van der Waals surface area contributed by atoms with Gasteiger partial charge in [-0.2, -0.15) is 0 Å². The minimum Gasteiger partial charge on any atom is -0.303 e. The van der Waals surface area contributed by atoms with Crippen LogP contribution in [-0.4, -0.2) is 6.29 Å². The van der Waals surface area contributed by atoms with Crippen molar-refractivity contribution in [1.82, 2.24) is 0 Å². The van der Waals surface area contributed by atoms with E-state index in [0.717, 1.165) is 24.5 Å². The summed E-state index contributed by atoms with van der Waals surface area (Å²) in [5.41, 5.74) is 1.51. The van der Waals surface area contributed by atoms with Crippen LogP contribution in [0.4, 0.5) is 0 Å². The Bertz CT molecular complexity index is 229. The van der Waals surface area contributed by atoms with Crippen molar-refractivity contribution in [3.05, 3.63) is 11.6 Å². The maximum absolute atomic E-state index is 10.6. The van der Waals surface area contributed by atoms with E-state index in [2.05, 4.69) is 19.9 Å². The van der Waals surface area contributed by atoms with Crippen molar-refractivity contribution in [1.29, 1.82) is 0 Å². The Morgan fingerprint density at radius 3 is 2.73 bits per heavy atom. The van der Waals surface area contributed by atoms with E-state index in [1.165, 1.54) is 31.3 Å². The van der Waals surface area contributed by atoms with Crippen LogP contribution >= 0.6 is 0 Å². The van der Waals surface area contributed by atoms with Crippen LogP contribution in [0.1, 0.15) is 52.9 Å². The fourth-order valence-electron chi connectivity index (χ4n) is 2.41. The van der Waals surface area contributed by atoms with E-state index in [9.17, 15) is 4.79 Å². The molecule has 0 saturated carbocycles. The van der Waals surface area contributed by atoms with Crippen LogP contribution in [0.3, 0.4) is 0 Å². The molecular weight excluding hydrogens is 184 g/mol. The normalized spacial score (nSPS) is 25.5. The van der Waals surface area contributed by atoms with Crippen LogP contribution < -0.4 is 0 Å². The molecule has 3 unspecified atom stereocenters. The van der Waals surface area contributed by atoms with Crippen LogP contribution in [0, 0.1) is 17.8 Å². The van der Waals surface area contributed by atoms with Gasteiger partial charge in [-0.05, 0) is 37.5 Å². The number of carbonyl (C=O) groups is 1. The summed E-state index contributed by atoms with van der Waals surface area (Å²) in [6.07, 6.45) is 9.51. The Hall–Kier alpha value is -0.590. The summed E-state index contributed by atoms with van der Waals surface area (Å²) in [6, 6.07) is 0. The van der Waals surface area contributed by atoms with E-state index < -0.39 is 0 Å². The molecular formula is C14H24O. The van der Waals surface area contributed by atoms with E-state index in [-0.39, 0.29) is 5.92 Å². The van der Waals surface area contributed by atoms with Gasteiger partial charge >= 0.3 is 0 Å². The molecule has 0 aromatic carbocycles. The highest BCUT2D eigenvalue weighted by atomic mass is 16.1. The molecule has 0 bridgehead atoms. The highest BCUT2D eigenvalue weighted by Gasteiger charge is 2.19. The summed E-state index contributed by atoms with van der Waals surface area (Å²) < 4.78 is 0. The summed E-state index contributed by atoms with van der Waals surface area (Å²) in [5, 5.41) is 0. The zero-order valence-corrected chi connectivity index (χ0v) is 10.3. The molecule has 0 N–H and O–H groups in total. The third-order valence-electron chi connectivity index (χ3n) is 3.81. The lowest BCUT2D eigenvalue weighted by molar-refractivity contribution is -0.110. The van der Waals surface area contributed by atoms with Crippen molar-refractivity contribution in [2.75, 3.05) is 0 Å². The first-order chi connectivity index (χ1) is 7.17. The lowest BCUT2D eigenvalue weighted by atomic mass is 9.79. The molecule has 1 heteroatoms. The topological polar surface area (TPSA) is 17.1 Å². The van der Waals surface area contributed by atoms with Gasteiger partial charge in [0, 0.05) is 5.92 Å². The van der Waals surface area contributed by atoms with Gasteiger partial charge in [-0.3, -0.25) is 0 Å². The zero-order chi connectivity index (χ0) is 11.3. The standard InChI is InChI=1S/C14H24O/c1-4-12(3)14-7-5-13(6-8-14)9-11(2)10-15/h5,10-12,14H,4,6-9H2,1-3H3. The average Bonchev–Trinajstić information content (AvgIpc) is 2.29. The number of hydrogen-bond acceptors (Lipinski definition) is 1. The van der Waals surface area contributed by atoms with Gasteiger partial charge in [-0.25, -0.2) is 0 Å². The highest BCUT2D eigenvalue weighted by molar-refractivity contribution is 5.53. The Labute approximate surface area is 93.9 Å². The van der Waals surface area contributed by atoms with Gasteiger partial charge in [0.2, 0.25) is 0 Å². The van der Waals surface area contributed by atoms with Gasteiger partial charge in [0.15, 0.2) is 0 Å². The third-order valence-corrected chi connectivity index (χ3v) is 3.81. The smallest absolute Gasteiger partial charge is 0.123 e. The molecule has 0 aromatic heterocycles. The first-order valence-corrected chi connectivity index (χ1v) is 6.30. The molecule has 0 radical (unpaired) electrons. The SMILES string of the molecule is CCC(C)C1CC=C(CC(C)C=O)CC1. The molecule has 1 nitrogen and oxygen atoms in total. The fraction of sp³-hybridized carbons (Fsp3) is 0.786. The number of carbonyl (C=O) groups excluding carboxylic acids is 1. The Morgan fingerprint density at radius 2 is 2.27 bits per heavy atom. The Balaban J connectivity index is 2.41. The molecule has 0 aliphatic heterocycles. The van der Waals surface area contributed by atoms with Gasteiger partial charge in [-0.15, -0.1) is 0 Å². The predicted octanol–water partition coefficient (Wildman–Crippen LogP) is 3.98.